The Bertz CT molecular complexity index is 576. The van der Waals surface area contributed by atoms with Gasteiger partial charge in [0.15, 0.2) is 0 Å². The number of rotatable bonds is 3. The molecule has 0 saturated carbocycles. The first-order valence-corrected chi connectivity index (χ1v) is 6.15. The van der Waals surface area contributed by atoms with Crippen LogP contribution in [0.1, 0.15) is 17.2 Å². The predicted molar refractivity (Wildman–Crippen MR) is 72.9 cm³/mol. The summed E-state index contributed by atoms with van der Waals surface area (Å²) in [6.45, 7) is 0.275. The molecule has 5 heteroatoms. The molecule has 1 unspecified atom stereocenters. The summed E-state index contributed by atoms with van der Waals surface area (Å²) in [5.74, 6) is 0. The average molecular weight is 280 g/mol. The van der Waals surface area contributed by atoms with Gasteiger partial charge in [-0.3, -0.25) is 0 Å². The van der Waals surface area contributed by atoms with Crippen LogP contribution < -0.4 is 11.5 Å². The van der Waals surface area contributed by atoms with Crippen molar-refractivity contribution in [2.24, 2.45) is 11.5 Å². The quantitative estimate of drug-likeness (QED) is 0.906. The van der Waals surface area contributed by atoms with Crippen molar-refractivity contribution < 1.29 is 13.2 Å². The molecule has 0 aromatic heterocycles. The lowest BCUT2D eigenvalue weighted by Crippen LogP contribution is -2.21. The second kappa shape index (κ2) is 5.64. The van der Waals surface area contributed by atoms with Gasteiger partial charge in [0.1, 0.15) is 0 Å². The van der Waals surface area contributed by atoms with Crippen LogP contribution in [0.15, 0.2) is 48.5 Å². The molecule has 4 N–H and O–H groups in total. The molecule has 20 heavy (non-hydrogen) atoms. The van der Waals surface area contributed by atoms with E-state index >= 15 is 0 Å². The summed E-state index contributed by atoms with van der Waals surface area (Å²) in [6, 6.07) is 12.0. The van der Waals surface area contributed by atoms with Crippen molar-refractivity contribution in [2.45, 2.75) is 12.2 Å². The van der Waals surface area contributed by atoms with Crippen molar-refractivity contribution >= 4 is 0 Å². The number of hydrogen-bond donors (Lipinski definition) is 2. The molecule has 1 atom stereocenters. The summed E-state index contributed by atoms with van der Waals surface area (Å²) in [5, 5.41) is 0. The van der Waals surface area contributed by atoms with Crippen LogP contribution in [0.4, 0.5) is 13.2 Å². The van der Waals surface area contributed by atoms with Crippen LogP contribution in [-0.2, 0) is 6.18 Å². The zero-order chi connectivity index (χ0) is 14.8. The molecule has 0 fully saturated rings. The minimum Gasteiger partial charge on any atom is -0.329 e. The first-order chi connectivity index (χ1) is 9.43. The van der Waals surface area contributed by atoms with Crippen LogP contribution in [0.5, 0.6) is 0 Å². The standard InChI is InChI=1S/C15H15F3N2/c16-15(17,18)11-7-5-10(6-8-11)12-3-1-2-4-13(12)14(20)9-19/h1-8,14H,9,19-20H2. The number of alkyl halides is 3. The van der Waals surface area contributed by atoms with E-state index in [9.17, 15) is 13.2 Å². The lowest BCUT2D eigenvalue weighted by Gasteiger charge is -2.15. The van der Waals surface area contributed by atoms with Gasteiger partial charge in [-0.1, -0.05) is 36.4 Å². The van der Waals surface area contributed by atoms with Crippen LogP contribution >= 0.6 is 0 Å². The number of hydrogen-bond acceptors (Lipinski definition) is 2. The molecule has 0 spiro atoms. The van der Waals surface area contributed by atoms with Crippen LogP contribution in [-0.4, -0.2) is 6.54 Å². The Morgan fingerprint density at radius 1 is 0.950 bits per heavy atom. The van der Waals surface area contributed by atoms with Gasteiger partial charge in [0.2, 0.25) is 0 Å². The van der Waals surface area contributed by atoms with Crippen LogP contribution in [0, 0.1) is 0 Å². The summed E-state index contributed by atoms with van der Waals surface area (Å²) in [5.41, 5.74) is 13.1. The molecule has 0 heterocycles. The molecular weight excluding hydrogens is 265 g/mol. The second-order valence-corrected chi connectivity index (χ2v) is 4.50. The second-order valence-electron chi connectivity index (χ2n) is 4.50. The van der Waals surface area contributed by atoms with Gasteiger partial charge in [0.25, 0.3) is 0 Å². The lowest BCUT2D eigenvalue weighted by atomic mass is 9.94. The molecule has 2 rings (SSSR count). The maximum atomic E-state index is 12.5. The van der Waals surface area contributed by atoms with E-state index in [4.69, 9.17) is 11.5 Å². The molecule has 2 aromatic rings. The maximum Gasteiger partial charge on any atom is 0.416 e. The Hall–Kier alpha value is -1.85. The Morgan fingerprint density at radius 3 is 2.10 bits per heavy atom. The first-order valence-electron chi connectivity index (χ1n) is 6.15. The van der Waals surface area contributed by atoms with Crippen molar-refractivity contribution in [1.82, 2.24) is 0 Å². The Kier molecular flexibility index (Phi) is 4.11. The first kappa shape index (κ1) is 14.6. The highest BCUT2D eigenvalue weighted by atomic mass is 19.4. The number of halogens is 3. The largest absolute Gasteiger partial charge is 0.416 e. The van der Waals surface area contributed by atoms with Crippen molar-refractivity contribution in [2.75, 3.05) is 6.54 Å². The van der Waals surface area contributed by atoms with E-state index in [1.165, 1.54) is 12.1 Å². The van der Waals surface area contributed by atoms with Gasteiger partial charge in [0.05, 0.1) is 5.56 Å². The van der Waals surface area contributed by atoms with E-state index in [1.54, 1.807) is 0 Å². The Balaban J connectivity index is 2.42. The van der Waals surface area contributed by atoms with Crippen molar-refractivity contribution in [3.63, 3.8) is 0 Å². The molecule has 106 valence electrons. The van der Waals surface area contributed by atoms with Gasteiger partial charge in [0, 0.05) is 12.6 Å². The fourth-order valence-corrected chi connectivity index (χ4v) is 2.05. The third-order valence-electron chi connectivity index (χ3n) is 3.14. The topological polar surface area (TPSA) is 52.0 Å². The molecule has 0 aliphatic rings. The molecule has 2 aromatic carbocycles. The summed E-state index contributed by atoms with van der Waals surface area (Å²) in [4.78, 5) is 0. The van der Waals surface area contributed by atoms with Gasteiger partial charge in [-0.25, -0.2) is 0 Å². The predicted octanol–water partition coefficient (Wildman–Crippen LogP) is 3.33. The summed E-state index contributed by atoms with van der Waals surface area (Å²) < 4.78 is 37.6. The van der Waals surface area contributed by atoms with Crippen LogP contribution in [0.2, 0.25) is 0 Å². The van der Waals surface area contributed by atoms with E-state index in [2.05, 4.69) is 0 Å². The Labute approximate surface area is 115 Å². The highest BCUT2D eigenvalue weighted by Crippen LogP contribution is 2.32. The van der Waals surface area contributed by atoms with Crippen molar-refractivity contribution in [3.8, 4) is 11.1 Å². The minimum atomic E-state index is -4.33. The highest BCUT2D eigenvalue weighted by Gasteiger charge is 2.30. The van der Waals surface area contributed by atoms with E-state index in [0.717, 1.165) is 23.3 Å². The third-order valence-corrected chi connectivity index (χ3v) is 3.14. The zero-order valence-electron chi connectivity index (χ0n) is 10.7. The molecule has 0 radical (unpaired) electrons. The van der Waals surface area contributed by atoms with Crippen molar-refractivity contribution in [1.29, 1.82) is 0 Å². The van der Waals surface area contributed by atoms with Gasteiger partial charge >= 0.3 is 6.18 Å². The molecule has 0 aliphatic heterocycles. The Morgan fingerprint density at radius 2 is 1.55 bits per heavy atom. The monoisotopic (exact) mass is 280 g/mol. The fourth-order valence-electron chi connectivity index (χ4n) is 2.05. The number of nitrogens with two attached hydrogens (primary N) is 2. The molecule has 0 amide bonds. The summed E-state index contributed by atoms with van der Waals surface area (Å²) in [6.07, 6.45) is -4.33. The molecule has 0 saturated heterocycles. The van der Waals surface area contributed by atoms with E-state index < -0.39 is 11.7 Å². The zero-order valence-corrected chi connectivity index (χ0v) is 10.7. The lowest BCUT2D eigenvalue weighted by molar-refractivity contribution is -0.137. The van der Waals surface area contributed by atoms with E-state index in [0.29, 0.717) is 5.56 Å². The highest BCUT2D eigenvalue weighted by molar-refractivity contribution is 5.68. The van der Waals surface area contributed by atoms with E-state index in [1.807, 2.05) is 24.3 Å². The molecular formula is C15H15F3N2. The SMILES string of the molecule is NCC(N)c1ccccc1-c1ccc(C(F)(F)F)cc1. The number of benzene rings is 2. The van der Waals surface area contributed by atoms with E-state index in [-0.39, 0.29) is 12.6 Å². The van der Waals surface area contributed by atoms with Crippen LogP contribution in [0.25, 0.3) is 11.1 Å². The van der Waals surface area contributed by atoms with Gasteiger partial charge in [-0.15, -0.1) is 0 Å². The maximum absolute atomic E-state index is 12.5. The van der Waals surface area contributed by atoms with Crippen molar-refractivity contribution in [3.05, 3.63) is 59.7 Å². The summed E-state index contributed by atoms with van der Waals surface area (Å²) in [7, 11) is 0. The van der Waals surface area contributed by atoms with Crippen LogP contribution in [0.3, 0.4) is 0 Å². The fraction of sp³-hybridized carbons (Fsp3) is 0.200. The minimum absolute atomic E-state index is 0.275. The molecule has 0 aliphatic carbocycles. The average Bonchev–Trinajstić information content (AvgIpc) is 2.45. The van der Waals surface area contributed by atoms with Gasteiger partial charge < -0.3 is 11.5 Å². The third kappa shape index (κ3) is 3.00. The summed E-state index contributed by atoms with van der Waals surface area (Å²) >= 11 is 0. The normalized spacial score (nSPS) is 13.2. The molecule has 2 nitrogen and oxygen atoms in total. The van der Waals surface area contributed by atoms with Gasteiger partial charge in [-0.2, -0.15) is 13.2 Å². The molecule has 0 bridgehead atoms. The van der Waals surface area contributed by atoms with Gasteiger partial charge in [-0.05, 0) is 28.8 Å². The smallest absolute Gasteiger partial charge is 0.329 e.